The van der Waals surface area contributed by atoms with E-state index in [-0.39, 0.29) is 5.97 Å². The van der Waals surface area contributed by atoms with Gasteiger partial charge in [-0.05, 0) is 49.4 Å². The predicted octanol–water partition coefficient (Wildman–Crippen LogP) is 5.78. The Hall–Kier alpha value is -3.73. The zero-order valence-electron chi connectivity index (χ0n) is 19.0. The van der Waals surface area contributed by atoms with Crippen LogP contribution < -0.4 is 4.90 Å². The smallest absolute Gasteiger partial charge is 0.337 e. The maximum absolute atomic E-state index is 12.0. The third-order valence-electron chi connectivity index (χ3n) is 6.46. The molecule has 0 atom stereocenters. The van der Waals surface area contributed by atoms with Gasteiger partial charge in [0.1, 0.15) is 5.69 Å². The topological polar surface area (TPSA) is 55.3 Å². The van der Waals surface area contributed by atoms with Crippen molar-refractivity contribution in [2.45, 2.75) is 25.7 Å². The van der Waals surface area contributed by atoms with Gasteiger partial charge in [0.05, 0.1) is 23.7 Å². The number of aromatic nitrogens is 2. The fraction of sp³-hybridized carbons (Fsp3) is 0.250. The minimum atomic E-state index is -0.369. The zero-order chi connectivity index (χ0) is 22.8. The van der Waals surface area contributed by atoms with Crippen LogP contribution in [0.15, 0.2) is 72.8 Å². The van der Waals surface area contributed by atoms with Gasteiger partial charge in [-0.25, -0.2) is 14.8 Å². The molecule has 0 radical (unpaired) electrons. The lowest BCUT2D eigenvalue weighted by atomic mass is 9.89. The lowest BCUT2D eigenvalue weighted by Gasteiger charge is -2.34. The highest BCUT2D eigenvalue weighted by Gasteiger charge is 2.25. The Balaban J connectivity index is 1.51. The van der Waals surface area contributed by atoms with Crippen molar-refractivity contribution in [2.75, 3.05) is 25.1 Å². The molecule has 5 heteroatoms. The lowest BCUT2D eigenvalue weighted by Crippen LogP contribution is -2.34. The number of hydrogen-bond acceptors (Lipinski definition) is 5. The molecule has 3 aromatic carbocycles. The Morgan fingerprint density at radius 2 is 1.64 bits per heavy atom. The van der Waals surface area contributed by atoms with E-state index in [4.69, 9.17) is 14.7 Å². The number of esters is 1. The first-order valence-corrected chi connectivity index (χ1v) is 11.4. The van der Waals surface area contributed by atoms with Gasteiger partial charge in [-0.1, -0.05) is 60.2 Å². The number of benzene rings is 3. The molecule has 1 saturated heterocycles. The number of nitrogens with zero attached hydrogens (tertiary/aromatic N) is 3. The van der Waals surface area contributed by atoms with E-state index in [1.165, 1.54) is 18.2 Å². The second-order valence-electron chi connectivity index (χ2n) is 8.63. The third kappa shape index (κ3) is 4.31. The van der Waals surface area contributed by atoms with Crippen molar-refractivity contribution >= 4 is 22.8 Å². The van der Waals surface area contributed by atoms with E-state index in [1.807, 2.05) is 24.3 Å². The highest BCUT2D eigenvalue weighted by atomic mass is 16.5. The summed E-state index contributed by atoms with van der Waals surface area (Å²) in [6.45, 7) is 3.95. The monoisotopic (exact) mass is 437 g/mol. The molecule has 0 saturated carbocycles. The summed E-state index contributed by atoms with van der Waals surface area (Å²) in [7, 11) is 1.39. The minimum Gasteiger partial charge on any atom is -0.465 e. The maximum Gasteiger partial charge on any atom is 0.337 e. The molecule has 5 nitrogen and oxygen atoms in total. The number of methoxy groups -OCH3 is 1. The van der Waals surface area contributed by atoms with E-state index < -0.39 is 0 Å². The van der Waals surface area contributed by atoms with E-state index in [0.717, 1.165) is 48.5 Å². The van der Waals surface area contributed by atoms with Gasteiger partial charge < -0.3 is 9.64 Å². The van der Waals surface area contributed by atoms with Crippen molar-refractivity contribution in [2.24, 2.45) is 0 Å². The Kier molecular flexibility index (Phi) is 5.78. The SMILES string of the molecule is COC(=O)c1ccc2nc(-c3ccccc3)c(N3CCC(c4ccc(C)cc4)CC3)nc2c1. The van der Waals surface area contributed by atoms with Gasteiger partial charge in [-0.2, -0.15) is 0 Å². The molecule has 1 aliphatic rings. The average molecular weight is 438 g/mol. The van der Waals surface area contributed by atoms with Gasteiger partial charge >= 0.3 is 5.97 Å². The zero-order valence-corrected chi connectivity index (χ0v) is 19.0. The first-order chi connectivity index (χ1) is 16.1. The molecule has 166 valence electrons. The number of fused-ring (bicyclic) bond motifs is 1. The fourth-order valence-corrected chi connectivity index (χ4v) is 4.56. The largest absolute Gasteiger partial charge is 0.465 e. The number of carbonyl (C=O) groups excluding carboxylic acids is 1. The number of aryl methyl sites for hydroxylation is 1. The molecule has 0 aliphatic carbocycles. The van der Waals surface area contributed by atoms with Crippen LogP contribution in [0.25, 0.3) is 22.3 Å². The summed E-state index contributed by atoms with van der Waals surface area (Å²) in [6, 6.07) is 24.5. The standard InChI is InChI=1S/C28H27N3O2/c1-19-8-10-20(11-9-19)21-14-16-31(17-15-21)27-26(22-6-4-3-5-7-22)29-24-13-12-23(28(32)33-2)18-25(24)30-27/h3-13,18,21H,14-17H2,1-2H3. The molecule has 0 bridgehead atoms. The van der Waals surface area contributed by atoms with Gasteiger partial charge in [-0.15, -0.1) is 0 Å². The molecule has 5 rings (SSSR count). The van der Waals surface area contributed by atoms with Crippen LogP contribution in [-0.4, -0.2) is 36.1 Å². The van der Waals surface area contributed by atoms with E-state index >= 15 is 0 Å². The second-order valence-corrected chi connectivity index (χ2v) is 8.63. The van der Waals surface area contributed by atoms with Crippen LogP contribution in [0.3, 0.4) is 0 Å². The normalized spacial score (nSPS) is 14.4. The van der Waals surface area contributed by atoms with Crippen molar-refractivity contribution in [1.82, 2.24) is 9.97 Å². The maximum atomic E-state index is 12.0. The number of ether oxygens (including phenoxy) is 1. The van der Waals surface area contributed by atoms with Gasteiger partial charge in [0.15, 0.2) is 5.82 Å². The molecule has 1 aliphatic heterocycles. The van der Waals surface area contributed by atoms with Crippen LogP contribution in [0, 0.1) is 6.92 Å². The molecule has 0 spiro atoms. The predicted molar refractivity (Wildman–Crippen MR) is 132 cm³/mol. The van der Waals surface area contributed by atoms with Crippen molar-refractivity contribution in [3.63, 3.8) is 0 Å². The van der Waals surface area contributed by atoms with Crippen LogP contribution >= 0.6 is 0 Å². The first-order valence-electron chi connectivity index (χ1n) is 11.4. The average Bonchev–Trinajstić information content (AvgIpc) is 2.88. The Labute approximate surface area is 194 Å². The molecule has 33 heavy (non-hydrogen) atoms. The number of carbonyl (C=O) groups is 1. The third-order valence-corrected chi connectivity index (χ3v) is 6.46. The Bertz CT molecular complexity index is 1280. The van der Waals surface area contributed by atoms with Gasteiger partial charge in [0.2, 0.25) is 0 Å². The van der Waals surface area contributed by atoms with Gasteiger partial charge in [-0.3, -0.25) is 0 Å². The molecule has 2 heterocycles. The van der Waals surface area contributed by atoms with E-state index in [2.05, 4.69) is 48.2 Å². The summed E-state index contributed by atoms with van der Waals surface area (Å²) < 4.78 is 4.89. The summed E-state index contributed by atoms with van der Waals surface area (Å²) in [5.41, 5.74) is 6.57. The fourth-order valence-electron chi connectivity index (χ4n) is 4.56. The van der Waals surface area contributed by atoms with Crippen LogP contribution in [0.5, 0.6) is 0 Å². The molecular formula is C28H27N3O2. The van der Waals surface area contributed by atoms with Gasteiger partial charge in [0, 0.05) is 18.7 Å². The quantitative estimate of drug-likeness (QED) is 0.379. The molecule has 1 aromatic heterocycles. The van der Waals surface area contributed by atoms with Crippen LogP contribution in [0.1, 0.15) is 40.2 Å². The summed E-state index contributed by atoms with van der Waals surface area (Å²) >= 11 is 0. The van der Waals surface area contributed by atoms with E-state index in [9.17, 15) is 4.79 Å². The number of rotatable bonds is 4. The van der Waals surface area contributed by atoms with E-state index in [0.29, 0.717) is 17.0 Å². The second kappa shape index (κ2) is 9.02. The number of hydrogen-bond donors (Lipinski definition) is 0. The number of piperidine rings is 1. The first kappa shape index (κ1) is 21.1. The van der Waals surface area contributed by atoms with Crippen LogP contribution in [0.2, 0.25) is 0 Å². The van der Waals surface area contributed by atoms with Crippen molar-refractivity contribution in [1.29, 1.82) is 0 Å². The summed E-state index contributed by atoms with van der Waals surface area (Å²) in [6.07, 6.45) is 2.14. The van der Waals surface area contributed by atoms with Crippen LogP contribution in [-0.2, 0) is 4.74 Å². The molecule has 0 unspecified atom stereocenters. The molecule has 1 fully saturated rings. The molecular weight excluding hydrogens is 410 g/mol. The summed E-state index contributed by atoms with van der Waals surface area (Å²) in [5, 5.41) is 0. The summed E-state index contributed by atoms with van der Waals surface area (Å²) in [4.78, 5) is 24.4. The number of anilines is 1. The Morgan fingerprint density at radius 1 is 0.909 bits per heavy atom. The molecule has 0 N–H and O–H groups in total. The Morgan fingerprint density at radius 3 is 2.33 bits per heavy atom. The van der Waals surface area contributed by atoms with Crippen LogP contribution in [0.4, 0.5) is 5.82 Å². The van der Waals surface area contributed by atoms with Gasteiger partial charge in [0.25, 0.3) is 0 Å². The van der Waals surface area contributed by atoms with Crippen molar-refractivity contribution in [3.8, 4) is 11.3 Å². The highest BCUT2D eigenvalue weighted by Crippen LogP contribution is 2.35. The highest BCUT2D eigenvalue weighted by molar-refractivity contribution is 5.94. The van der Waals surface area contributed by atoms with Crippen molar-refractivity contribution in [3.05, 3.63) is 89.5 Å². The van der Waals surface area contributed by atoms with E-state index in [1.54, 1.807) is 12.1 Å². The minimum absolute atomic E-state index is 0.369. The molecule has 4 aromatic rings. The lowest BCUT2D eigenvalue weighted by molar-refractivity contribution is 0.0601. The van der Waals surface area contributed by atoms with Crippen molar-refractivity contribution < 1.29 is 9.53 Å². The summed E-state index contributed by atoms with van der Waals surface area (Å²) in [5.74, 6) is 1.06. The molecule has 0 amide bonds.